The minimum atomic E-state index is -0.119. The number of ether oxygens (including phenoxy) is 1. The highest BCUT2D eigenvalue weighted by Crippen LogP contribution is 2.37. The lowest BCUT2D eigenvalue weighted by Crippen LogP contribution is -2.27. The molecule has 7 heteroatoms. The zero-order valence-electron chi connectivity index (χ0n) is 16.7. The molecule has 4 nitrogen and oxygen atoms in total. The number of methoxy groups -OCH3 is 1. The lowest BCUT2D eigenvalue weighted by Gasteiger charge is -2.14. The van der Waals surface area contributed by atoms with E-state index in [0.717, 1.165) is 34.1 Å². The zero-order valence-corrected chi connectivity index (χ0v) is 19.1. The first-order valence-electron chi connectivity index (χ1n) is 9.26. The summed E-state index contributed by atoms with van der Waals surface area (Å²) < 4.78 is 7.85. The molecule has 4 rings (SSSR count). The first-order valence-corrected chi connectivity index (χ1v) is 10.9. The Kier molecular flexibility index (Phi) is 5.73. The molecule has 3 aromatic rings. The number of halogens is 1. The summed E-state index contributed by atoms with van der Waals surface area (Å²) in [5, 5.41) is 0.698. The van der Waals surface area contributed by atoms with Gasteiger partial charge in [0, 0.05) is 22.1 Å². The molecule has 0 unspecified atom stereocenters. The van der Waals surface area contributed by atoms with Crippen molar-refractivity contribution in [1.29, 1.82) is 0 Å². The third-order valence-electron chi connectivity index (χ3n) is 4.97. The highest BCUT2D eigenvalue weighted by atomic mass is 35.5. The molecule has 1 amide bonds. The van der Waals surface area contributed by atoms with Gasteiger partial charge in [-0.15, -0.1) is 0 Å². The molecule has 0 atom stereocenters. The normalized spacial score (nSPS) is 15.3. The van der Waals surface area contributed by atoms with Crippen LogP contribution in [0, 0.1) is 13.8 Å². The van der Waals surface area contributed by atoms with Crippen LogP contribution in [-0.4, -0.2) is 21.9 Å². The van der Waals surface area contributed by atoms with Gasteiger partial charge in [0.15, 0.2) is 4.32 Å². The van der Waals surface area contributed by atoms with Crippen LogP contribution >= 0.6 is 35.6 Å². The number of hydrogen-bond acceptors (Lipinski definition) is 4. The third-order valence-corrected chi connectivity index (χ3v) is 6.52. The second-order valence-electron chi connectivity index (χ2n) is 6.85. The van der Waals surface area contributed by atoms with Gasteiger partial charge >= 0.3 is 0 Å². The van der Waals surface area contributed by atoms with E-state index in [9.17, 15) is 4.79 Å². The Bertz CT molecular complexity index is 1170. The molecule has 1 aliphatic rings. The minimum Gasteiger partial charge on any atom is -0.497 e. The van der Waals surface area contributed by atoms with E-state index in [2.05, 4.69) is 10.6 Å². The number of anilines is 1. The standard InChI is InChI=1S/C23H19ClN2O2S2/c1-14-12-16(15(2)25(14)18-6-4-17(24)5-7-18)13-21-22(27)26(23(29)30-21)19-8-10-20(28-3)11-9-19/h4-13H,1-3H3/b21-13+. The monoisotopic (exact) mass is 454 g/mol. The molecular formula is C23H19ClN2O2S2. The maximum atomic E-state index is 13.1. The Morgan fingerprint density at radius 1 is 1.03 bits per heavy atom. The van der Waals surface area contributed by atoms with Crippen LogP contribution in [-0.2, 0) is 4.79 Å². The Morgan fingerprint density at radius 2 is 1.67 bits per heavy atom. The smallest absolute Gasteiger partial charge is 0.270 e. The van der Waals surface area contributed by atoms with Crippen LogP contribution in [0.2, 0.25) is 5.02 Å². The molecular weight excluding hydrogens is 436 g/mol. The van der Waals surface area contributed by atoms with Crippen molar-refractivity contribution in [2.75, 3.05) is 12.0 Å². The van der Waals surface area contributed by atoms with Gasteiger partial charge in [0.1, 0.15) is 5.75 Å². The molecule has 152 valence electrons. The molecule has 30 heavy (non-hydrogen) atoms. The van der Waals surface area contributed by atoms with Gasteiger partial charge < -0.3 is 9.30 Å². The Labute approximate surface area is 190 Å². The number of carbonyl (C=O) groups excluding carboxylic acids is 1. The van der Waals surface area contributed by atoms with Crippen molar-refractivity contribution in [3.05, 3.63) is 81.5 Å². The lowest BCUT2D eigenvalue weighted by atomic mass is 10.2. The first-order chi connectivity index (χ1) is 14.4. The number of aryl methyl sites for hydroxylation is 1. The third kappa shape index (κ3) is 3.78. The Hall–Kier alpha value is -2.54. The average molecular weight is 455 g/mol. The van der Waals surface area contributed by atoms with E-state index < -0.39 is 0 Å². The SMILES string of the molecule is COc1ccc(N2C(=O)/C(=C\c3cc(C)n(-c4ccc(Cl)cc4)c3C)SC2=S)cc1. The molecule has 0 aliphatic carbocycles. The number of carbonyl (C=O) groups is 1. The highest BCUT2D eigenvalue weighted by Gasteiger charge is 2.33. The molecule has 1 saturated heterocycles. The van der Waals surface area contributed by atoms with Crippen LogP contribution in [0.15, 0.2) is 59.5 Å². The van der Waals surface area contributed by atoms with Gasteiger partial charge in [-0.05, 0) is 80.1 Å². The van der Waals surface area contributed by atoms with Crippen molar-refractivity contribution in [3.8, 4) is 11.4 Å². The number of nitrogens with zero attached hydrogens (tertiary/aromatic N) is 2. The highest BCUT2D eigenvalue weighted by molar-refractivity contribution is 8.27. The van der Waals surface area contributed by atoms with Gasteiger partial charge in [0.05, 0.1) is 17.7 Å². The van der Waals surface area contributed by atoms with Gasteiger partial charge in [0.2, 0.25) is 0 Å². The van der Waals surface area contributed by atoms with Crippen molar-refractivity contribution < 1.29 is 9.53 Å². The molecule has 1 aliphatic heterocycles. The van der Waals surface area contributed by atoms with Crippen molar-refractivity contribution in [3.63, 3.8) is 0 Å². The van der Waals surface area contributed by atoms with E-state index >= 15 is 0 Å². The molecule has 1 fully saturated rings. The zero-order chi connectivity index (χ0) is 21.4. The topological polar surface area (TPSA) is 34.5 Å². The second-order valence-corrected chi connectivity index (χ2v) is 8.97. The number of benzene rings is 2. The first kappa shape index (κ1) is 20.7. The molecule has 0 bridgehead atoms. The number of hydrogen-bond donors (Lipinski definition) is 0. The summed E-state index contributed by atoms with van der Waals surface area (Å²) in [5.74, 6) is 0.612. The maximum Gasteiger partial charge on any atom is 0.270 e. The molecule has 0 saturated carbocycles. The fourth-order valence-corrected chi connectivity index (χ4v) is 4.90. The molecule has 2 heterocycles. The van der Waals surface area contributed by atoms with Gasteiger partial charge in [-0.3, -0.25) is 9.69 Å². The van der Waals surface area contributed by atoms with Crippen LogP contribution in [0.3, 0.4) is 0 Å². The largest absolute Gasteiger partial charge is 0.497 e. The number of aromatic nitrogens is 1. The summed E-state index contributed by atoms with van der Waals surface area (Å²) >= 11 is 12.8. The molecule has 2 aromatic carbocycles. The van der Waals surface area contributed by atoms with Crippen LogP contribution in [0.25, 0.3) is 11.8 Å². The Morgan fingerprint density at radius 3 is 2.30 bits per heavy atom. The fraction of sp³-hybridized carbons (Fsp3) is 0.130. The van der Waals surface area contributed by atoms with E-state index in [1.807, 2.05) is 68.5 Å². The Balaban J connectivity index is 1.67. The summed E-state index contributed by atoms with van der Waals surface area (Å²) in [7, 11) is 1.61. The van der Waals surface area contributed by atoms with E-state index in [1.54, 1.807) is 12.0 Å². The quantitative estimate of drug-likeness (QED) is 0.349. The van der Waals surface area contributed by atoms with Crippen LogP contribution < -0.4 is 9.64 Å². The van der Waals surface area contributed by atoms with Crippen LogP contribution in [0.4, 0.5) is 5.69 Å². The second kappa shape index (κ2) is 8.30. The molecule has 0 N–H and O–H groups in total. The van der Waals surface area contributed by atoms with Crippen molar-refractivity contribution in [2.24, 2.45) is 0 Å². The van der Waals surface area contributed by atoms with Gasteiger partial charge in [-0.1, -0.05) is 35.6 Å². The number of amides is 1. The summed E-state index contributed by atoms with van der Waals surface area (Å²) in [6.45, 7) is 4.08. The van der Waals surface area contributed by atoms with E-state index in [4.69, 9.17) is 28.6 Å². The summed E-state index contributed by atoms with van der Waals surface area (Å²) in [6, 6.07) is 17.1. The summed E-state index contributed by atoms with van der Waals surface area (Å²) in [6.07, 6.45) is 1.91. The van der Waals surface area contributed by atoms with Crippen molar-refractivity contribution in [2.45, 2.75) is 13.8 Å². The summed E-state index contributed by atoms with van der Waals surface area (Å²) in [5.41, 5.74) is 4.86. The number of thioether (sulfide) groups is 1. The fourth-order valence-electron chi connectivity index (χ4n) is 3.48. The maximum absolute atomic E-state index is 13.1. The molecule has 0 radical (unpaired) electrons. The van der Waals surface area contributed by atoms with E-state index in [0.29, 0.717) is 14.2 Å². The van der Waals surface area contributed by atoms with E-state index in [-0.39, 0.29) is 5.91 Å². The van der Waals surface area contributed by atoms with Crippen LogP contribution in [0.5, 0.6) is 5.75 Å². The van der Waals surface area contributed by atoms with Crippen LogP contribution in [0.1, 0.15) is 17.0 Å². The number of thiocarbonyl (C=S) groups is 1. The average Bonchev–Trinajstić information content (AvgIpc) is 3.17. The van der Waals surface area contributed by atoms with Crippen molar-refractivity contribution in [1.82, 2.24) is 4.57 Å². The van der Waals surface area contributed by atoms with Crippen molar-refractivity contribution >= 4 is 57.6 Å². The lowest BCUT2D eigenvalue weighted by molar-refractivity contribution is -0.113. The predicted octanol–water partition coefficient (Wildman–Crippen LogP) is 6.16. The van der Waals surface area contributed by atoms with Gasteiger partial charge in [0.25, 0.3) is 5.91 Å². The van der Waals surface area contributed by atoms with Gasteiger partial charge in [-0.25, -0.2) is 0 Å². The van der Waals surface area contributed by atoms with E-state index in [1.165, 1.54) is 11.8 Å². The summed E-state index contributed by atoms with van der Waals surface area (Å²) in [4.78, 5) is 15.2. The predicted molar refractivity (Wildman–Crippen MR) is 129 cm³/mol. The molecule has 0 spiro atoms. The molecule has 1 aromatic heterocycles. The minimum absolute atomic E-state index is 0.119. The number of rotatable bonds is 4. The van der Waals surface area contributed by atoms with Gasteiger partial charge in [-0.2, -0.15) is 0 Å².